The lowest BCUT2D eigenvalue weighted by molar-refractivity contribution is 0.395. The van der Waals surface area contributed by atoms with Crippen LogP contribution in [-0.4, -0.2) is 13.6 Å². The first-order valence-corrected chi connectivity index (χ1v) is 4.62. The molecule has 0 radical (unpaired) electrons. The smallest absolute Gasteiger partial charge is 0.000313 e. The molecule has 0 fully saturated rings. The summed E-state index contributed by atoms with van der Waals surface area (Å²) >= 11 is 0. The van der Waals surface area contributed by atoms with Crippen molar-refractivity contribution in [1.82, 2.24) is 5.32 Å². The van der Waals surface area contributed by atoms with Crippen LogP contribution in [0.2, 0.25) is 0 Å². The molecule has 1 N–H and O–H groups in total. The zero-order valence-corrected chi connectivity index (χ0v) is 9.12. The fourth-order valence-electron chi connectivity index (χ4n) is 0.530. The van der Waals surface area contributed by atoms with Crippen LogP contribution in [0.4, 0.5) is 0 Å². The Morgan fingerprint density at radius 2 is 1.36 bits per heavy atom. The summed E-state index contributed by atoms with van der Waals surface area (Å²) in [5.74, 6) is 0. The average molecular weight is 159 g/mol. The lowest BCUT2D eigenvalue weighted by Crippen LogP contribution is -2.22. The molecule has 70 valence electrons. The number of nitrogens with one attached hydrogen (secondary N) is 1. The minimum Gasteiger partial charge on any atom is -0.319 e. The van der Waals surface area contributed by atoms with E-state index in [1.165, 1.54) is 12.8 Å². The molecule has 11 heavy (non-hydrogen) atoms. The van der Waals surface area contributed by atoms with E-state index in [-0.39, 0.29) is 0 Å². The maximum atomic E-state index is 3.11. The Balaban J connectivity index is 0. The lowest BCUT2D eigenvalue weighted by atomic mass is 9.97. The molecule has 0 aliphatic rings. The van der Waals surface area contributed by atoms with E-state index in [4.69, 9.17) is 0 Å². The summed E-state index contributed by atoms with van der Waals surface area (Å²) in [5.41, 5.74) is 0.439. The van der Waals surface area contributed by atoms with E-state index in [2.05, 4.69) is 39.9 Å². The van der Waals surface area contributed by atoms with E-state index in [1.807, 2.05) is 7.05 Å². The van der Waals surface area contributed by atoms with Gasteiger partial charge in [-0.1, -0.05) is 47.5 Å². The van der Waals surface area contributed by atoms with Crippen molar-refractivity contribution in [1.29, 1.82) is 0 Å². The molecule has 0 rings (SSSR count). The van der Waals surface area contributed by atoms with Crippen LogP contribution in [0.5, 0.6) is 0 Å². The van der Waals surface area contributed by atoms with Gasteiger partial charge in [0.2, 0.25) is 0 Å². The van der Waals surface area contributed by atoms with Crippen molar-refractivity contribution >= 4 is 0 Å². The molecule has 1 heteroatoms. The Kier molecular flexibility index (Phi) is 9.92. The van der Waals surface area contributed by atoms with E-state index in [9.17, 15) is 0 Å². The average Bonchev–Trinajstić information content (AvgIpc) is 1.86. The van der Waals surface area contributed by atoms with E-state index < -0.39 is 0 Å². The number of hydrogen-bond acceptors (Lipinski definition) is 1. The summed E-state index contributed by atoms with van der Waals surface area (Å²) in [7, 11) is 1.98. The SMILES string of the molecule is CCCC.CNCC(C)(C)C. The fraction of sp³-hybridized carbons (Fsp3) is 1.00. The molecule has 0 bridgehead atoms. The first-order valence-electron chi connectivity index (χ1n) is 4.62. The van der Waals surface area contributed by atoms with Gasteiger partial charge in [-0.15, -0.1) is 0 Å². The third-order valence-corrected chi connectivity index (χ3v) is 1.21. The van der Waals surface area contributed by atoms with Gasteiger partial charge in [0, 0.05) is 0 Å². The summed E-state index contributed by atoms with van der Waals surface area (Å²) in [4.78, 5) is 0. The van der Waals surface area contributed by atoms with Crippen LogP contribution in [0, 0.1) is 5.41 Å². The molecule has 0 aromatic rings. The largest absolute Gasteiger partial charge is 0.319 e. The van der Waals surface area contributed by atoms with E-state index >= 15 is 0 Å². The maximum Gasteiger partial charge on any atom is -0.000313 e. The molecule has 0 saturated heterocycles. The van der Waals surface area contributed by atoms with Gasteiger partial charge in [0.15, 0.2) is 0 Å². The summed E-state index contributed by atoms with van der Waals surface area (Å²) in [5, 5.41) is 3.11. The Morgan fingerprint density at radius 3 is 1.36 bits per heavy atom. The molecule has 0 amide bonds. The van der Waals surface area contributed by atoms with Gasteiger partial charge in [0.1, 0.15) is 0 Å². The van der Waals surface area contributed by atoms with Gasteiger partial charge in [-0.3, -0.25) is 0 Å². The minimum atomic E-state index is 0.439. The van der Waals surface area contributed by atoms with Crippen molar-refractivity contribution in [2.45, 2.75) is 47.5 Å². The van der Waals surface area contributed by atoms with Crippen molar-refractivity contribution in [2.24, 2.45) is 5.41 Å². The first-order chi connectivity index (χ1) is 4.97. The Hall–Kier alpha value is -0.0400. The van der Waals surface area contributed by atoms with Crippen LogP contribution in [0.3, 0.4) is 0 Å². The third kappa shape index (κ3) is 25.7. The summed E-state index contributed by atoms with van der Waals surface area (Å²) in [6.07, 6.45) is 2.64. The van der Waals surface area contributed by atoms with Crippen LogP contribution < -0.4 is 5.32 Å². The molecular weight excluding hydrogens is 134 g/mol. The summed E-state index contributed by atoms with van der Waals surface area (Å²) in [6, 6.07) is 0. The van der Waals surface area contributed by atoms with Crippen LogP contribution in [0.15, 0.2) is 0 Å². The Bertz CT molecular complexity index is 59.8. The minimum absolute atomic E-state index is 0.439. The lowest BCUT2D eigenvalue weighted by Gasteiger charge is -2.16. The van der Waals surface area contributed by atoms with Crippen molar-refractivity contribution in [3.63, 3.8) is 0 Å². The first kappa shape index (κ1) is 13.5. The fourth-order valence-corrected chi connectivity index (χ4v) is 0.530. The highest BCUT2D eigenvalue weighted by molar-refractivity contribution is 4.61. The van der Waals surface area contributed by atoms with Crippen molar-refractivity contribution < 1.29 is 0 Å². The number of unbranched alkanes of at least 4 members (excludes halogenated alkanes) is 1. The van der Waals surface area contributed by atoms with Gasteiger partial charge in [-0.2, -0.15) is 0 Å². The highest BCUT2D eigenvalue weighted by atomic mass is 14.8. The second-order valence-electron chi connectivity index (χ2n) is 4.09. The molecule has 0 unspecified atom stereocenters. The molecule has 1 nitrogen and oxygen atoms in total. The summed E-state index contributed by atoms with van der Waals surface area (Å²) in [6.45, 7) is 12.1. The third-order valence-electron chi connectivity index (χ3n) is 1.21. The molecule has 0 saturated carbocycles. The van der Waals surface area contributed by atoms with Crippen molar-refractivity contribution in [3.05, 3.63) is 0 Å². The monoisotopic (exact) mass is 159 g/mol. The van der Waals surface area contributed by atoms with Crippen molar-refractivity contribution in [2.75, 3.05) is 13.6 Å². The van der Waals surface area contributed by atoms with Gasteiger partial charge in [-0.25, -0.2) is 0 Å². The molecule has 0 aliphatic carbocycles. The normalized spacial score (nSPS) is 10.4. The van der Waals surface area contributed by atoms with Gasteiger partial charge < -0.3 is 5.32 Å². The maximum absolute atomic E-state index is 3.11. The van der Waals surface area contributed by atoms with Gasteiger partial charge >= 0.3 is 0 Å². The number of rotatable bonds is 2. The van der Waals surface area contributed by atoms with Gasteiger partial charge in [0.05, 0.1) is 0 Å². The van der Waals surface area contributed by atoms with Crippen molar-refractivity contribution in [3.8, 4) is 0 Å². The molecule has 0 spiro atoms. The molecule has 0 heterocycles. The van der Waals surface area contributed by atoms with E-state index in [1.54, 1.807) is 0 Å². The van der Waals surface area contributed by atoms with Gasteiger partial charge in [-0.05, 0) is 19.0 Å². The van der Waals surface area contributed by atoms with Gasteiger partial charge in [0.25, 0.3) is 0 Å². The second kappa shape index (κ2) is 8.06. The quantitative estimate of drug-likeness (QED) is 0.653. The van der Waals surface area contributed by atoms with E-state index in [0.29, 0.717) is 5.41 Å². The molecule has 0 aromatic heterocycles. The molecule has 0 aliphatic heterocycles. The molecule has 0 aromatic carbocycles. The van der Waals surface area contributed by atoms with Crippen LogP contribution in [0.1, 0.15) is 47.5 Å². The van der Waals surface area contributed by atoms with Crippen LogP contribution >= 0.6 is 0 Å². The van der Waals surface area contributed by atoms with Crippen LogP contribution in [-0.2, 0) is 0 Å². The highest BCUT2D eigenvalue weighted by Crippen LogP contribution is 2.09. The zero-order valence-electron chi connectivity index (χ0n) is 9.12. The topological polar surface area (TPSA) is 12.0 Å². The zero-order chi connectivity index (χ0) is 9.33. The molecule has 0 atom stereocenters. The Morgan fingerprint density at radius 1 is 1.00 bits per heavy atom. The molecular formula is C10H25N. The Labute approximate surface area is 72.6 Å². The van der Waals surface area contributed by atoms with E-state index in [0.717, 1.165) is 6.54 Å². The standard InChI is InChI=1S/C6H15N.C4H10/c1-6(2,3)5-7-4;1-3-4-2/h7H,5H2,1-4H3;3-4H2,1-2H3. The predicted octanol–water partition coefficient (Wildman–Crippen LogP) is 3.06. The number of hydrogen-bond donors (Lipinski definition) is 1. The predicted molar refractivity (Wildman–Crippen MR) is 54.0 cm³/mol. The summed E-state index contributed by atoms with van der Waals surface area (Å²) < 4.78 is 0. The second-order valence-corrected chi connectivity index (χ2v) is 4.09. The van der Waals surface area contributed by atoms with Crippen LogP contribution in [0.25, 0.3) is 0 Å². The highest BCUT2D eigenvalue weighted by Gasteiger charge is 2.05.